The fraction of sp³-hybridized carbons (Fsp3) is 0.250. The van der Waals surface area contributed by atoms with Gasteiger partial charge in [0.05, 0.1) is 23.7 Å². The third kappa shape index (κ3) is 6.22. The number of guanidine groups is 1. The van der Waals surface area contributed by atoms with Gasteiger partial charge in [0, 0.05) is 48.7 Å². The highest BCUT2D eigenvalue weighted by atomic mass is 35.5. The Hall–Kier alpha value is -4.32. The van der Waals surface area contributed by atoms with Crippen molar-refractivity contribution in [3.63, 3.8) is 0 Å². The van der Waals surface area contributed by atoms with Crippen LogP contribution in [-0.4, -0.2) is 54.0 Å². The molecule has 41 heavy (non-hydrogen) atoms. The largest absolute Gasteiger partial charge is 0.481 e. The summed E-state index contributed by atoms with van der Waals surface area (Å²) in [5.41, 5.74) is 6.39. The van der Waals surface area contributed by atoms with Gasteiger partial charge in [0.15, 0.2) is 0 Å². The highest BCUT2D eigenvalue weighted by Crippen LogP contribution is 2.42. The van der Waals surface area contributed by atoms with E-state index in [1.165, 1.54) is 41.3 Å². The minimum atomic E-state index is -4.62. The Morgan fingerprint density at radius 2 is 1.59 bits per heavy atom. The summed E-state index contributed by atoms with van der Waals surface area (Å²) in [6, 6.07) is 14.2. The number of aliphatic imine (C=N–C) groups is 1. The number of fused-ring (bicyclic) bond motifs is 1. The van der Waals surface area contributed by atoms with Gasteiger partial charge in [0.1, 0.15) is 5.82 Å². The number of anilines is 2. The molecule has 8 nitrogen and oxygen atoms in total. The molecule has 3 aromatic carbocycles. The third-order valence-corrected chi connectivity index (χ3v) is 6.99. The Bertz CT molecular complexity index is 1470. The molecule has 1 saturated heterocycles. The third-order valence-electron chi connectivity index (χ3n) is 6.99. The van der Waals surface area contributed by atoms with Crippen LogP contribution in [0.25, 0.3) is 0 Å². The number of carbonyl (C=O) groups is 2. The number of nitrogens with two attached hydrogens (primary N) is 1. The van der Waals surface area contributed by atoms with Crippen molar-refractivity contribution in [1.29, 1.82) is 0 Å². The van der Waals surface area contributed by atoms with E-state index in [1.54, 1.807) is 18.2 Å². The number of aliphatic carboxylic acids is 1. The first-order valence-electron chi connectivity index (χ1n) is 12.5. The molecular weight excluding hydrogens is 566 g/mol. The molecule has 5 rings (SSSR count). The van der Waals surface area contributed by atoms with E-state index >= 15 is 0 Å². The molecule has 0 saturated carbocycles. The number of halogens is 5. The fourth-order valence-corrected chi connectivity index (χ4v) is 5.05. The number of primary amides is 1. The second-order valence-electron chi connectivity index (χ2n) is 9.53. The average molecular weight is 592 g/mol. The lowest BCUT2D eigenvalue weighted by Gasteiger charge is -2.45. The molecule has 1 fully saturated rings. The van der Waals surface area contributed by atoms with Gasteiger partial charge >= 0.3 is 12.1 Å². The zero-order valence-electron chi connectivity index (χ0n) is 21.5. The summed E-state index contributed by atoms with van der Waals surface area (Å²) in [5, 5.41) is 9.81. The average Bonchev–Trinajstić information content (AvgIpc) is 2.92. The molecule has 0 aliphatic carbocycles. The van der Waals surface area contributed by atoms with Gasteiger partial charge in [-0.25, -0.2) is 9.38 Å². The van der Waals surface area contributed by atoms with Crippen LogP contribution in [0.2, 0.25) is 0 Å². The molecule has 1 atom stereocenters. The topological polar surface area (TPSA) is 102 Å². The van der Waals surface area contributed by atoms with E-state index < -0.39 is 36.1 Å². The summed E-state index contributed by atoms with van der Waals surface area (Å²) in [5.74, 6) is -1.96. The van der Waals surface area contributed by atoms with Crippen molar-refractivity contribution in [3.05, 3.63) is 89.2 Å². The monoisotopic (exact) mass is 591 g/mol. The van der Waals surface area contributed by atoms with Gasteiger partial charge in [0.25, 0.3) is 0 Å². The molecule has 0 spiro atoms. The summed E-state index contributed by atoms with van der Waals surface area (Å²) >= 11 is 0. The van der Waals surface area contributed by atoms with Crippen LogP contribution in [0, 0.1) is 5.82 Å². The van der Waals surface area contributed by atoms with Crippen molar-refractivity contribution in [2.45, 2.75) is 18.6 Å². The molecule has 2 aliphatic rings. The van der Waals surface area contributed by atoms with Crippen LogP contribution in [0.3, 0.4) is 0 Å². The highest BCUT2D eigenvalue weighted by molar-refractivity contribution is 6.02. The first-order chi connectivity index (χ1) is 19.0. The van der Waals surface area contributed by atoms with Crippen molar-refractivity contribution in [2.75, 3.05) is 36.0 Å². The van der Waals surface area contributed by atoms with Crippen LogP contribution >= 0.6 is 12.4 Å². The van der Waals surface area contributed by atoms with Gasteiger partial charge in [-0.3, -0.25) is 9.59 Å². The smallest absolute Gasteiger partial charge is 0.416 e. The lowest BCUT2D eigenvalue weighted by molar-refractivity contribution is -0.138. The van der Waals surface area contributed by atoms with Crippen molar-refractivity contribution in [1.82, 2.24) is 4.90 Å². The van der Waals surface area contributed by atoms with E-state index in [0.29, 0.717) is 43.4 Å². The Morgan fingerprint density at radius 1 is 0.927 bits per heavy atom. The van der Waals surface area contributed by atoms with Crippen molar-refractivity contribution < 1.29 is 32.3 Å². The second-order valence-corrected chi connectivity index (χ2v) is 9.53. The summed E-state index contributed by atoms with van der Waals surface area (Å²) < 4.78 is 54.4. The Balaban J connectivity index is 0.00000387. The quantitative estimate of drug-likeness (QED) is 0.395. The number of amides is 1. The Labute approximate surface area is 239 Å². The standard InChI is InChI=1S/C28H25F4N5O3.ClH/c29-19-5-7-20(8-6-19)35-10-12-36(13-11-35)27-34-23-9-4-17(26(33)40)14-22(23)24(16-25(38)39)37(27)21-3-1-2-18(15-21)28(30,31)32;/h1-9,14-15,24H,10-13,16H2,(H2,33,40)(H,38,39);1H. The van der Waals surface area contributed by atoms with Gasteiger partial charge in [-0.15, -0.1) is 12.4 Å². The number of piperazine rings is 1. The molecular formula is C28H26ClF4N5O3. The lowest BCUT2D eigenvalue weighted by atomic mass is 9.95. The van der Waals surface area contributed by atoms with Crippen LogP contribution in [-0.2, 0) is 11.0 Å². The van der Waals surface area contributed by atoms with Crippen LogP contribution in [0.5, 0.6) is 0 Å². The Morgan fingerprint density at radius 3 is 2.20 bits per heavy atom. The van der Waals surface area contributed by atoms with Crippen molar-refractivity contribution in [2.24, 2.45) is 10.7 Å². The fourth-order valence-electron chi connectivity index (χ4n) is 5.05. The van der Waals surface area contributed by atoms with E-state index in [9.17, 15) is 32.3 Å². The number of carbonyl (C=O) groups excluding carboxylic acids is 1. The van der Waals surface area contributed by atoms with Gasteiger partial charge < -0.3 is 25.5 Å². The van der Waals surface area contributed by atoms with Crippen LogP contribution in [0.4, 0.5) is 34.6 Å². The van der Waals surface area contributed by atoms with E-state index in [4.69, 9.17) is 10.7 Å². The highest BCUT2D eigenvalue weighted by Gasteiger charge is 2.38. The zero-order valence-corrected chi connectivity index (χ0v) is 22.3. The molecule has 0 aromatic heterocycles. The number of hydrogen-bond acceptors (Lipinski definition) is 6. The number of rotatable bonds is 5. The van der Waals surface area contributed by atoms with Gasteiger partial charge in [-0.2, -0.15) is 13.2 Å². The van der Waals surface area contributed by atoms with Gasteiger partial charge in [-0.1, -0.05) is 6.07 Å². The maximum Gasteiger partial charge on any atom is 0.416 e. The molecule has 2 aliphatic heterocycles. The normalized spacial score (nSPS) is 16.9. The first-order valence-corrected chi connectivity index (χ1v) is 12.5. The minimum Gasteiger partial charge on any atom is -0.481 e. The van der Waals surface area contributed by atoms with Crippen LogP contribution in [0.1, 0.15) is 33.9 Å². The molecule has 2 heterocycles. The number of benzene rings is 3. The molecule has 0 bridgehead atoms. The number of nitrogens with zero attached hydrogens (tertiary/aromatic N) is 4. The Kier molecular flexibility index (Phi) is 8.43. The number of hydrogen-bond donors (Lipinski definition) is 2. The van der Waals surface area contributed by atoms with E-state index in [0.717, 1.165) is 17.8 Å². The van der Waals surface area contributed by atoms with Crippen molar-refractivity contribution in [3.8, 4) is 0 Å². The van der Waals surface area contributed by atoms with Gasteiger partial charge in [-0.05, 0) is 60.7 Å². The number of carboxylic acids is 1. The maximum atomic E-state index is 13.7. The number of alkyl halides is 3. The van der Waals surface area contributed by atoms with Crippen LogP contribution < -0.4 is 15.5 Å². The molecule has 216 valence electrons. The molecule has 1 unspecified atom stereocenters. The summed E-state index contributed by atoms with van der Waals surface area (Å²) in [7, 11) is 0. The second kappa shape index (κ2) is 11.7. The van der Waals surface area contributed by atoms with Crippen molar-refractivity contribution >= 4 is 47.3 Å². The molecule has 3 aromatic rings. The predicted molar refractivity (Wildman–Crippen MR) is 148 cm³/mol. The SMILES string of the molecule is Cl.NC(=O)c1ccc2c(c1)C(CC(=O)O)N(c1cccc(C(F)(F)F)c1)C(N1CCN(c3ccc(F)cc3)CC1)=N2. The predicted octanol–water partition coefficient (Wildman–Crippen LogP) is 5.21. The van der Waals surface area contributed by atoms with E-state index in [-0.39, 0.29) is 29.5 Å². The summed E-state index contributed by atoms with van der Waals surface area (Å²) in [6.45, 7) is 1.86. The number of carboxylic acid groups (broad SMARTS) is 1. The lowest BCUT2D eigenvalue weighted by Crippen LogP contribution is -2.55. The molecule has 13 heteroatoms. The molecule has 0 radical (unpaired) electrons. The van der Waals surface area contributed by atoms with Crippen LogP contribution in [0.15, 0.2) is 71.7 Å². The zero-order chi connectivity index (χ0) is 28.6. The molecule has 1 amide bonds. The summed E-state index contributed by atoms with van der Waals surface area (Å²) in [4.78, 5) is 34.1. The molecule has 3 N–H and O–H groups in total. The first kappa shape index (κ1) is 29.7. The van der Waals surface area contributed by atoms with E-state index in [1.807, 2.05) is 4.90 Å². The maximum absolute atomic E-state index is 13.7. The van der Waals surface area contributed by atoms with Gasteiger partial charge in [0.2, 0.25) is 11.9 Å². The minimum absolute atomic E-state index is 0. The summed E-state index contributed by atoms with van der Waals surface area (Å²) in [6.07, 6.45) is -5.09. The van der Waals surface area contributed by atoms with E-state index in [2.05, 4.69) is 4.90 Å².